The fraction of sp³-hybridized carbons (Fsp3) is 0.353. The lowest BCUT2D eigenvalue weighted by Gasteiger charge is -2.58. The Balaban J connectivity index is 1.52. The highest BCUT2D eigenvalue weighted by Crippen LogP contribution is 2.54. The number of nitrogens with zero attached hydrogens (tertiary/aromatic N) is 4. The first-order valence-electron chi connectivity index (χ1n) is 8.46. The summed E-state index contributed by atoms with van der Waals surface area (Å²) in [6, 6.07) is 2.37. The van der Waals surface area contributed by atoms with Gasteiger partial charge in [-0.2, -0.15) is 0 Å². The molecule has 1 saturated heterocycles. The van der Waals surface area contributed by atoms with E-state index in [0.717, 1.165) is 40.6 Å². The van der Waals surface area contributed by atoms with Crippen LogP contribution in [0.5, 0.6) is 0 Å². The van der Waals surface area contributed by atoms with Gasteiger partial charge >= 0.3 is 0 Å². The summed E-state index contributed by atoms with van der Waals surface area (Å²) in [4.78, 5) is 15.1. The lowest BCUT2D eigenvalue weighted by Crippen LogP contribution is -2.65. The van der Waals surface area contributed by atoms with Gasteiger partial charge in [0.15, 0.2) is 5.65 Å². The Labute approximate surface area is 159 Å². The minimum absolute atomic E-state index is 0.221. The van der Waals surface area contributed by atoms with E-state index < -0.39 is 0 Å². The van der Waals surface area contributed by atoms with Crippen LogP contribution in [0.4, 0.5) is 5.82 Å². The standard InChI is InChI=1S/C17H18ClN7S/c18-12-10(1-2-21-14(12)20)26-11-7-23-16(25-4-3-22-15(11)25)13-17(8-24-13)5-9(19)6-17/h1-4,7,9,13,24H,5-6,8,19H2,(H2,20,21). The topological polar surface area (TPSA) is 107 Å². The van der Waals surface area contributed by atoms with E-state index in [4.69, 9.17) is 28.1 Å². The van der Waals surface area contributed by atoms with E-state index in [1.165, 1.54) is 11.8 Å². The number of hydrogen-bond donors (Lipinski definition) is 3. The van der Waals surface area contributed by atoms with Crippen molar-refractivity contribution in [1.29, 1.82) is 0 Å². The average Bonchev–Trinajstić information content (AvgIpc) is 3.07. The van der Waals surface area contributed by atoms with Crippen LogP contribution < -0.4 is 16.8 Å². The van der Waals surface area contributed by atoms with Gasteiger partial charge in [0.25, 0.3) is 0 Å². The number of nitrogens with one attached hydrogen (secondary N) is 1. The molecule has 4 heterocycles. The molecule has 1 aliphatic carbocycles. The molecule has 0 aromatic carbocycles. The van der Waals surface area contributed by atoms with Crippen molar-refractivity contribution in [2.45, 2.75) is 34.7 Å². The molecule has 26 heavy (non-hydrogen) atoms. The summed E-state index contributed by atoms with van der Waals surface area (Å²) in [5, 5.41) is 3.98. The first kappa shape index (κ1) is 16.3. The number of aromatic nitrogens is 4. The molecular weight excluding hydrogens is 370 g/mol. The van der Waals surface area contributed by atoms with Crippen LogP contribution in [-0.2, 0) is 0 Å². The molecule has 0 amide bonds. The molecule has 134 valence electrons. The zero-order valence-electron chi connectivity index (χ0n) is 13.9. The molecule has 2 fully saturated rings. The molecule has 1 saturated carbocycles. The number of halogens is 1. The molecule has 7 nitrogen and oxygen atoms in total. The smallest absolute Gasteiger partial charge is 0.153 e. The third-order valence-corrected chi connectivity index (χ3v) is 6.97. The Morgan fingerprint density at radius 2 is 2.08 bits per heavy atom. The van der Waals surface area contributed by atoms with Crippen LogP contribution in [0.1, 0.15) is 24.7 Å². The summed E-state index contributed by atoms with van der Waals surface area (Å²) in [7, 11) is 0. The highest BCUT2D eigenvalue weighted by Gasteiger charge is 2.56. The van der Waals surface area contributed by atoms with Crippen LogP contribution in [0.2, 0.25) is 5.02 Å². The zero-order valence-corrected chi connectivity index (χ0v) is 15.5. The van der Waals surface area contributed by atoms with E-state index in [9.17, 15) is 0 Å². The molecule has 5 N–H and O–H groups in total. The molecule has 9 heteroatoms. The number of pyridine rings is 1. The Kier molecular flexibility index (Phi) is 3.65. The third-order valence-electron chi connectivity index (χ3n) is 5.39. The molecule has 3 aromatic rings. The summed E-state index contributed by atoms with van der Waals surface area (Å²) in [5.74, 6) is 1.31. The number of anilines is 1. The fourth-order valence-electron chi connectivity index (χ4n) is 4.06. The van der Waals surface area contributed by atoms with Crippen molar-refractivity contribution in [3.8, 4) is 0 Å². The SMILES string of the molecule is Nc1nccc(Sc2cnc(C3NCC34CC(N)C4)n3ccnc23)c1Cl. The van der Waals surface area contributed by atoms with Crippen molar-refractivity contribution >= 4 is 34.8 Å². The van der Waals surface area contributed by atoms with Gasteiger partial charge in [0.2, 0.25) is 0 Å². The number of fused-ring (bicyclic) bond motifs is 1. The van der Waals surface area contributed by atoms with Gasteiger partial charge in [-0.1, -0.05) is 23.4 Å². The normalized spacial score (nSPS) is 27.5. The molecule has 2 aliphatic rings. The van der Waals surface area contributed by atoms with E-state index in [1.807, 2.05) is 18.5 Å². The highest BCUT2D eigenvalue weighted by atomic mass is 35.5. The van der Waals surface area contributed by atoms with E-state index in [-0.39, 0.29) is 11.5 Å². The quantitative estimate of drug-likeness (QED) is 0.632. The second-order valence-corrected chi connectivity index (χ2v) is 8.52. The van der Waals surface area contributed by atoms with Crippen molar-refractivity contribution in [1.82, 2.24) is 24.7 Å². The summed E-state index contributed by atoms with van der Waals surface area (Å²) in [5.41, 5.74) is 13.0. The summed E-state index contributed by atoms with van der Waals surface area (Å²) < 4.78 is 2.06. The predicted octanol–water partition coefficient (Wildman–Crippen LogP) is 2.26. The first-order valence-corrected chi connectivity index (χ1v) is 9.66. The second kappa shape index (κ2) is 5.82. The highest BCUT2D eigenvalue weighted by molar-refractivity contribution is 7.99. The number of nitrogen functional groups attached to an aromatic ring is 1. The Morgan fingerprint density at radius 3 is 2.81 bits per heavy atom. The van der Waals surface area contributed by atoms with Crippen LogP contribution in [0, 0.1) is 5.41 Å². The fourth-order valence-corrected chi connectivity index (χ4v) is 5.20. The molecule has 1 aliphatic heterocycles. The van der Waals surface area contributed by atoms with Gasteiger partial charge in [0.1, 0.15) is 11.6 Å². The lowest BCUT2D eigenvalue weighted by atomic mass is 9.57. The van der Waals surface area contributed by atoms with Gasteiger partial charge in [-0.3, -0.25) is 4.40 Å². The third kappa shape index (κ3) is 2.33. The summed E-state index contributed by atoms with van der Waals surface area (Å²) in [6.45, 7) is 1.01. The molecule has 1 unspecified atom stereocenters. The number of rotatable bonds is 3. The van der Waals surface area contributed by atoms with E-state index >= 15 is 0 Å². The maximum absolute atomic E-state index is 6.28. The lowest BCUT2D eigenvalue weighted by molar-refractivity contribution is -0.0263. The van der Waals surface area contributed by atoms with Crippen LogP contribution in [0.25, 0.3) is 5.65 Å². The second-order valence-electron chi connectivity index (χ2n) is 7.06. The minimum atomic E-state index is 0.221. The molecule has 0 radical (unpaired) electrons. The van der Waals surface area contributed by atoms with Crippen LogP contribution in [0.3, 0.4) is 0 Å². The van der Waals surface area contributed by atoms with E-state index in [1.54, 1.807) is 12.4 Å². The predicted molar refractivity (Wildman–Crippen MR) is 101 cm³/mol. The Hall–Kier alpha value is -1.87. The maximum Gasteiger partial charge on any atom is 0.153 e. The van der Waals surface area contributed by atoms with Crippen molar-refractivity contribution < 1.29 is 0 Å². The van der Waals surface area contributed by atoms with E-state index in [2.05, 4.69) is 19.7 Å². The number of imidazole rings is 1. The maximum atomic E-state index is 6.28. The van der Waals surface area contributed by atoms with Crippen molar-refractivity contribution in [3.05, 3.63) is 41.7 Å². The molecule has 1 atom stereocenters. The summed E-state index contributed by atoms with van der Waals surface area (Å²) in [6.07, 6.45) is 9.36. The average molecular weight is 388 g/mol. The molecule has 3 aromatic heterocycles. The van der Waals surface area contributed by atoms with Crippen LogP contribution >= 0.6 is 23.4 Å². The van der Waals surface area contributed by atoms with E-state index in [0.29, 0.717) is 16.9 Å². The van der Waals surface area contributed by atoms with Gasteiger partial charge in [-0.25, -0.2) is 15.0 Å². The molecule has 5 rings (SSSR count). The van der Waals surface area contributed by atoms with Crippen LogP contribution in [0.15, 0.2) is 40.6 Å². The van der Waals surface area contributed by atoms with Crippen molar-refractivity contribution in [3.63, 3.8) is 0 Å². The number of nitrogens with two attached hydrogens (primary N) is 2. The van der Waals surface area contributed by atoms with Crippen LogP contribution in [-0.4, -0.2) is 31.9 Å². The number of hydrogen-bond acceptors (Lipinski definition) is 7. The summed E-state index contributed by atoms with van der Waals surface area (Å²) >= 11 is 7.77. The van der Waals surface area contributed by atoms with Crippen molar-refractivity contribution in [2.24, 2.45) is 11.1 Å². The van der Waals surface area contributed by atoms with Gasteiger partial charge < -0.3 is 16.8 Å². The zero-order chi connectivity index (χ0) is 17.9. The van der Waals surface area contributed by atoms with Crippen molar-refractivity contribution in [2.75, 3.05) is 12.3 Å². The largest absolute Gasteiger partial charge is 0.382 e. The molecule has 0 bridgehead atoms. The minimum Gasteiger partial charge on any atom is -0.382 e. The monoisotopic (exact) mass is 387 g/mol. The van der Waals surface area contributed by atoms with Gasteiger partial charge in [-0.05, 0) is 18.9 Å². The Bertz CT molecular complexity index is 998. The molecular formula is C17H18ClN7S. The Morgan fingerprint density at radius 1 is 1.23 bits per heavy atom. The van der Waals surface area contributed by atoms with Gasteiger partial charge in [0.05, 0.1) is 16.0 Å². The molecule has 1 spiro atoms. The first-order chi connectivity index (χ1) is 12.6. The van der Waals surface area contributed by atoms with Gasteiger partial charge in [0, 0.05) is 47.7 Å². The van der Waals surface area contributed by atoms with Gasteiger partial charge in [-0.15, -0.1) is 0 Å².